The molecule has 4 aromatic rings. The summed E-state index contributed by atoms with van der Waals surface area (Å²) < 4.78 is 1.26. The Morgan fingerprint density at radius 1 is 1.11 bits per heavy atom. The highest BCUT2D eigenvalue weighted by molar-refractivity contribution is 6.11. The van der Waals surface area contributed by atoms with Gasteiger partial charge in [-0.25, -0.2) is 9.67 Å². The molecule has 2 aromatic carbocycles. The van der Waals surface area contributed by atoms with Gasteiger partial charge < -0.3 is 10.3 Å². The fourth-order valence-corrected chi connectivity index (χ4v) is 2.95. The SMILES string of the molecule is CCn1nc(C(=O)Nc2ccc3nc[nH]c(=O)c3c2)c2ccccc2c1=O. The van der Waals surface area contributed by atoms with Crippen LogP contribution >= 0.6 is 0 Å². The summed E-state index contributed by atoms with van der Waals surface area (Å²) in [5.74, 6) is -0.465. The predicted octanol–water partition coefficient (Wildman–Crippen LogP) is 1.91. The number of hydrogen-bond acceptors (Lipinski definition) is 5. The van der Waals surface area contributed by atoms with Crippen molar-refractivity contribution < 1.29 is 4.79 Å². The van der Waals surface area contributed by atoms with Crippen LogP contribution in [0.15, 0.2) is 58.4 Å². The van der Waals surface area contributed by atoms with E-state index in [0.717, 1.165) is 0 Å². The molecular weight excluding hydrogens is 346 g/mol. The fourth-order valence-electron chi connectivity index (χ4n) is 2.95. The molecule has 0 aliphatic heterocycles. The van der Waals surface area contributed by atoms with Gasteiger partial charge >= 0.3 is 0 Å². The van der Waals surface area contributed by atoms with Crippen LogP contribution in [0.3, 0.4) is 0 Å². The van der Waals surface area contributed by atoms with Crippen LogP contribution < -0.4 is 16.4 Å². The molecule has 2 N–H and O–H groups in total. The van der Waals surface area contributed by atoms with Crippen molar-refractivity contribution >= 4 is 33.3 Å². The van der Waals surface area contributed by atoms with Crippen LogP contribution in [0.5, 0.6) is 0 Å². The Kier molecular flexibility index (Phi) is 4.00. The lowest BCUT2D eigenvalue weighted by molar-refractivity contribution is 0.102. The maximum atomic E-state index is 12.8. The van der Waals surface area contributed by atoms with Gasteiger partial charge in [0.05, 0.1) is 22.6 Å². The Morgan fingerprint density at radius 2 is 1.89 bits per heavy atom. The van der Waals surface area contributed by atoms with E-state index in [1.165, 1.54) is 11.0 Å². The maximum absolute atomic E-state index is 12.8. The number of anilines is 1. The molecule has 8 nitrogen and oxygen atoms in total. The van der Waals surface area contributed by atoms with Gasteiger partial charge in [-0.15, -0.1) is 0 Å². The molecule has 0 aliphatic carbocycles. The van der Waals surface area contributed by atoms with Gasteiger partial charge in [0.1, 0.15) is 0 Å². The number of rotatable bonds is 3. The van der Waals surface area contributed by atoms with E-state index in [9.17, 15) is 14.4 Å². The number of aromatic amines is 1. The molecule has 0 saturated heterocycles. The Balaban J connectivity index is 1.80. The van der Waals surface area contributed by atoms with Gasteiger partial charge in [-0.1, -0.05) is 18.2 Å². The summed E-state index contributed by atoms with van der Waals surface area (Å²) in [6, 6.07) is 11.7. The third-order valence-corrected chi connectivity index (χ3v) is 4.28. The Labute approximate surface area is 152 Å². The molecule has 0 unspecified atom stereocenters. The predicted molar refractivity (Wildman–Crippen MR) is 102 cm³/mol. The lowest BCUT2D eigenvalue weighted by atomic mass is 10.1. The standard InChI is InChI=1S/C19H15N5O3/c1-2-24-19(27)13-6-4-3-5-12(13)16(23-24)18(26)22-11-7-8-15-14(9-11)17(25)21-10-20-15/h3-10H,2H2,1H3,(H,22,26)(H,20,21,25). The van der Waals surface area contributed by atoms with Crippen LogP contribution in [0.25, 0.3) is 21.7 Å². The number of fused-ring (bicyclic) bond motifs is 2. The number of aryl methyl sites for hydroxylation is 1. The molecule has 1 amide bonds. The van der Waals surface area contributed by atoms with E-state index in [-0.39, 0.29) is 16.8 Å². The number of hydrogen-bond donors (Lipinski definition) is 2. The summed E-state index contributed by atoms with van der Waals surface area (Å²) in [6.45, 7) is 2.13. The molecule has 0 bridgehead atoms. The van der Waals surface area contributed by atoms with Gasteiger partial charge in [0.15, 0.2) is 5.69 Å². The normalized spacial score (nSPS) is 11.0. The summed E-state index contributed by atoms with van der Waals surface area (Å²) in [7, 11) is 0. The number of carbonyl (C=O) groups excluding carboxylic acids is 1. The topological polar surface area (TPSA) is 110 Å². The van der Waals surface area contributed by atoms with Crippen molar-refractivity contribution in [2.75, 3.05) is 5.32 Å². The zero-order valence-corrected chi connectivity index (χ0v) is 14.4. The Bertz CT molecular complexity index is 1310. The lowest BCUT2D eigenvalue weighted by Gasteiger charge is -2.10. The largest absolute Gasteiger partial charge is 0.321 e. The van der Waals surface area contributed by atoms with Gasteiger partial charge in [0.25, 0.3) is 17.0 Å². The molecule has 27 heavy (non-hydrogen) atoms. The van der Waals surface area contributed by atoms with Crippen molar-refractivity contribution in [2.45, 2.75) is 13.5 Å². The smallest absolute Gasteiger partial charge is 0.276 e. The number of nitrogens with one attached hydrogen (secondary N) is 2. The maximum Gasteiger partial charge on any atom is 0.276 e. The summed E-state index contributed by atoms with van der Waals surface area (Å²) in [5.41, 5.74) is 0.574. The van der Waals surface area contributed by atoms with Crippen LogP contribution in [-0.2, 0) is 6.54 Å². The van der Waals surface area contributed by atoms with Gasteiger partial charge in [-0.05, 0) is 31.2 Å². The van der Waals surface area contributed by atoms with E-state index in [0.29, 0.717) is 33.9 Å². The zero-order chi connectivity index (χ0) is 19.0. The van der Waals surface area contributed by atoms with E-state index >= 15 is 0 Å². The van der Waals surface area contributed by atoms with E-state index in [1.54, 1.807) is 49.4 Å². The second kappa shape index (κ2) is 6.49. The van der Waals surface area contributed by atoms with Crippen LogP contribution in [0.1, 0.15) is 17.4 Å². The average Bonchev–Trinajstić information content (AvgIpc) is 2.69. The van der Waals surface area contributed by atoms with Crippen LogP contribution in [-0.4, -0.2) is 25.7 Å². The zero-order valence-electron chi connectivity index (χ0n) is 14.4. The third-order valence-electron chi connectivity index (χ3n) is 4.28. The van der Waals surface area contributed by atoms with E-state index < -0.39 is 5.91 Å². The van der Waals surface area contributed by atoms with Gasteiger partial charge in [0, 0.05) is 17.6 Å². The molecule has 0 saturated carbocycles. The second-order valence-electron chi connectivity index (χ2n) is 5.93. The van der Waals surface area contributed by atoms with Gasteiger partial charge in [0.2, 0.25) is 0 Å². The van der Waals surface area contributed by atoms with Gasteiger partial charge in [-0.3, -0.25) is 14.4 Å². The highest BCUT2D eigenvalue weighted by Gasteiger charge is 2.16. The Morgan fingerprint density at radius 3 is 2.67 bits per heavy atom. The number of benzene rings is 2. The number of amides is 1. The monoisotopic (exact) mass is 361 g/mol. The molecule has 134 valence electrons. The molecular formula is C19H15N5O3. The number of aromatic nitrogens is 4. The number of H-pyrrole nitrogens is 1. The highest BCUT2D eigenvalue weighted by Crippen LogP contribution is 2.17. The minimum absolute atomic E-state index is 0.146. The number of nitrogens with zero attached hydrogens (tertiary/aromatic N) is 3. The molecule has 8 heteroatoms. The molecule has 0 aliphatic rings. The molecule has 0 radical (unpaired) electrons. The minimum Gasteiger partial charge on any atom is -0.321 e. The highest BCUT2D eigenvalue weighted by atomic mass is 16.2. The van der Waals surface area contributed by atoms with Crippen molar-refractivity contribution in [1.82, 2.24) is 19.7 Å². The third kappa shape index (κ3) is 2.86. The van der Waals surface area contributed by atoms with Crippen molar-refractivity contribution in [3.63, 3.8) is 0 Å². The first kappa shape index (κ1) is 16.6. The first-order chi connectivity index (χ1) is 13.1. The van der Waals surface area contributed by atoms with Gasteiger partial charge in [-0.2, -0.15) is 5.10 Å². The quantitative estimate of drug-likeness (QED) is 0.579. The van der Waals surface area contributed by atoms with Crippen LogP contribution in [0.4, 0.5) is 5.69 Å². The van der Waals surface area contributed by atoms with E-state index in [1.807, 2.05) is 0 Å². The second-order valence-corrected chi connectivity index (χ2v) is 5.93. The molecule has 4 rings (SSSR count). The number of carbonyl (C=O) groups is 1. The molecule has 0 atom stereocenters. The van der Waals surface area contributed by atoms with E-state index in [2.05, 4.69) is 20.4 Å². The molecule has 0 fully saturated rings. The molecule has 0 spiro atoms. The van der Waals surface area contributed by atoms with Crippen molar-refractivity contribution in [2.24, 2.45) is 0 Å². The van der Waals surface area contributed by atoms with E-state index in [4.69, 9.17) is 0 Å². The first-order valence-electron chi connectivity index (χ1n) is 8.37. The summed E-state index contributed by atoms with van der Waals surface area (Å²) >= 11 is 0. The summed E-state index contributed by atoms with van der Waals surface area (Å²) in [5, 5.41) is 8.22. The summed E-state index contributed by atoms with van der Waals surface area (Å²) in [6.07, 6.45) is 1.33. The fraction of sp³-hybridized carbons (Fsp3) is 0.105. The minimum atomic E-state index is -0.465. The van der Waals surface area contributed by atoms with Crippen molar-refractivity contribution in [3.05, 3.63) is 75.2 Å². The average molecular weight is 361 g/mol. The van der Waals surface area contributed by atoms with Crippen molar-refractivity contribution in [3.8, 4) is 0 Å². The first-order valence-corrected chi connectivity index (χ1v) is 8.37. The Hall–Kier alpha value is -3.81. The van der Waals surface area contributed by atoms with Crippen molar-refractivity contribution in [1.29, 1.82) is 0 Å². The van der Waals surface area contributed by atoms with Crippen LogP contribution in [0, 0.1) is 0 Å². The summed E-state index contributed by atoms with van der Waals surface area (Å²) in [4.78, 5) is 43.7. The van der Waals surface area contributed by atoms with Crippen LogP contribution in [0.2, 0.25) is 0 Å². The molecule has 2 aromatic heterocycles. The lowest BCUT2D eigenvalue weighted by Crippen LogP contribution is -2.27. The molecule has 2 heterocycles.